The number of hydrogen-bond donors (Lipinski definition) is 0. The molecule has 0 amide bonds. The van der Waals surface area contributed by atoms with Gasteiger partial charge in [0, 0.05) is 30.4 Å². The van der Waals surface area contributed by atoms with Crippen molar-refractivity contribution in [3.8, 4) is 6.01 Å². The van der Waals surface area contributed by atoms with Gasteiger partial charge in [-0.3, -0.25) is 4.90 Å². The Morgan fingerprint density at radius 1 is 1.15 bits per heavy atom. The van der Waals surface area contributed by atoms with E-state index in [-0.39, 0.29) is 41.4 Å². The molecule has 0 saturated carbocycles. The van der Waals surface area contributed by atoms with Crippen LogP contribution in [0.25, 0.3) is 10.9 Å². The van der Waals surface area contributed by atoms with E-state index in [1.165, 1.54) is 0 Å². The molecule has 0 aliphatic carbocycles. The van der Waals surface area contributed by atoms with Gasteiger partial charge in [-0.15, -0.1) is 0 Å². The number of benzene rings is 1. The Labute approximate surface area is 201 Å². The van der Waals surface area contributed by atoms with Crippen molar-refractivity contribution in [1.29, 1.82) is 0 Å². The van der Waals surface area contributed by atoms with Gasteiger partial charge in [-0.1, -0.05) is 0 Å². The highest BCUT2D eigenvalue weighted by molar-refractivity contribution is 9.10. The van der Waals surface area contributed by atoms with E-state index in [0.29, 0.717) is 13.0 Å². The van der Waals surface area contributed by atoms with Crippen molar-refractivity contribution in [3.63, 3.8) is 0 Å². The number of alkyl halides is 4. The second kappa shape index (κ2) is 7.88. The number of anilines is 1. The fourth-order valence-corrected chi connectivity index (χ4v) is 7.07. The third-order valence-electron chi connectivity index (χ3n) is 8.06. The maximum Gasteiger partial charge on any atom is 0.417 e. The van der Waals surface area contributed by atoms with Crippen LogP contribution in [0.5, 0.6) is 6.01 Å². The molecule has 2 atom stereocenters. The van der Waals surface area contributed by atoms with Crippen LogP contribution in [-0.2, 0) is 6.18 Å². The zero-order valence-corrected chi connectivity index (χ0v) is 19.9. The molecule has 0 N–H and O–H groups in total. The topological polar surface area (TPSA) is 41.5 Å². The molecule has 5 heterocycles. The molecule has 0 unspecified atom stereocenters. The summed E-state index contributed by atoms with van der Waals surface area (Å²) >= 11 is 2.78. The van der Waals surface area contributed by atoms with E-state index >= 15 is 4.39 Å². The highest BCUT2D eigenvalue weighted by Crippen LogP contribution is 2.46. The highest BCUT2D eigenvalue weighted by atomic mass is 79.9. The average molecular weight is 547 g/mol. The normalized spacial score (nSPS) is 31.1. The van der Waals surface area contributed by atoms with E-state index in [4.69, 9.17) is 4.74 Å². The minimum absolute atomic E-state index is 0.0320. The Bertz CT molecular complexity index is 1130. The van der Waals surface area contributed by atoms with Gasteiger partial charge < -0.3 is 9.64 Å². The summed E-state index contributed by atoms with van der Waals surface area (Å²) < 4.78 is 75.7. The summed E-state index contributed by atoms with van der Waals surface area (Å²) in [6.07, 6.45) is 0.130. The van der Waals surface area contributed by atoms with Crippen molar-refractivity contribution in [2.45, 2.75) is 74.9 Å². The van der Waals surface area contributed by atoms with Gasteiger partial charge in [0.1, 0.15) is 24.1 Å². The second-order valence-corrected chi connectivity index (χ2v) is 10.8. The molecule has 4 aliphatic rings. The predicted octanol–water partition coefficient (Wildman–Crippen LogP) is 5.64. The van der Waals surface area contributed by atoms with Gasteiger partial charge >= 0.3 is 12.2 Å². The molecule has 0 radical (unpaired) electrons. The Balaban J connectivity index is 1.44. The second-order valence-electron chi connectivity index (χ2n) is 10.0. The highest BCUT2D eigenvalue weighted by Gasteiger charge is 2.49. The SMILES string of the molecule is Fc1c(Br)c(C(F)(F)F)cc2c(N3C4CCC3CC4)nc(OC[C@@]34CCCN3C[C@H](F)C4)nc12. The summed E-state index contributed by atoms with van der Waals surface area (Å²) in [5, 5.41) is 0.0320. The molecular weight excluding hydrogens is 523 g/mol. The Hall–Kier alpha value is -1.75. The lowest BCUT2D eigenvalue weighted by molar-refractivity contribution is -0.138. The first-order chi connectivity index (χ1) is 16.2. The monoisotopic (exact) mass is 546 g/mol. The van der Waals surface area contributed by atoms with E-state index in [0.717, 1.165) is 51.1 Å². The van der Waals surface area contributed by atoms with Crippen LogP contribution in [0.15, 0.2) is 10.5 Å². The zero-order chi connectivity index (χ0) is 23.8. The first-order valence-corrected chi connectivity index (χ1v) is 12.5. The summed E-state index contributed by atoms with van der Waals surface area (Å²) in [5.41, 5.74) is -1.74. The minimum Gasteiger partial charge on any atom is -0.461 e. The molecule has 4 aliphatic heterocycles. The van der Waals surface area contributed by atoms with Crippen LogP contribution < -0.4 is 9.64 Å². The number of aromatic nitrogens is 2. The predicted molar refractivity (Wildman–Crippen MR) is 119 cm³/mol. The van der Waals surface area contributed by atoms with Crippen LogP contribution in [-0.4, -0.2) is 58.4 Å². The van der Waals surface area contributed by atoms with Crippen molar-refractivity contribution >= 4 is 32.7 Å². The zero-order valence-electron chi connectivity index (χ0n) is 18.3. The summed E-state index contributed by atoms with van der Waals surface area (Å²) in [4.78, 5) is 12.9. The largest absolute Gasteiger partial charge is 0.461 e. The number of nitrogens with zero attached hydrogens (tertiary/aromatic N) is 4. The molecule has 6 rings (SSSR count). The smallest absolute Gasteiger partial charge is 0.417 e. The third-order valence-corrected chi connectivity index (χ3v) is 8.84. The third kappa shape index (κ3) is 3.48. The molecule has 11 heteroatoms. The molecular formula is C23H24BrF5N4O. The molecule has 2 bridgehead atoms. The molecule has 5 nitrogen and oxygen atoms in total. The van der Waals surface area contributed by atoms with Crippen molar-refractivity contribution in [3.05, 3.63) is 21.9 Å². The van der Waals surface area contributed by atoms with Crippen molar-refractivity contribution in [2.24, 2.45) is 0 Å². The molecule has 2 aromatic rings. The minimum atomic E-state index is -4.74. The van der Waals surface area contributed by atoms with Crippen LogP contribution in [0.4, 0.5) is 27.8 Å². The molecule has 1 aromatic carbocycles. The van der Waals surface area contributed by atoms with E-state index in [9.17, 15) is 17.6 Å². The Morgan fingerprint density at radius 2 is 1.85 bits per heavy atom. The van der Waals surface area contributed by atoms with E-state index in [1.807, 2.05) is 4.90 Å². The van der Waals surface area contributed by atoms with Gasteiger partial charge in [-0.25, -0.2) is 8.78 Å². The number of ether oxygens (including phenoxy) is 1. The lowest BCUT2D eigenvalue weighted by atomic mass is 9.95. The fourth-order valence-electron chi connectivity index (χ4n) is 6.54. The van der Waals surface area contributed by atoms with Crippen molar-refractivity contribution in [1.82, 2.24) is 14.9 Å². The van der Waals surface area contributed by atoms with Gasteiger partial charge in [0.05, 0.1) is 15.6 Å². The van der Waals surface area contributed by atoms with E-state index in [1.54, 1.807) is 0 Å². The number of fused-ring (bicyclic) bond motifs is 4. The van der Waals surface area contributed by atoms with E-state index < -0.39 is 33.7 Å². The average Bonchev–Trinajstić information content (AvgIpc) is 3.53. The quantitative estimate of drug-likeness (QED) is 0.464. The van der Waals surface area contributed by atoms with Gasteiger partial charge in [-0.2, -0.15) is 23.1 Å². The fraction of sp³-hybridized carbons (Fsp3) is 0.652. The van der Waals surface area contributed by atoms with Crippen molar-refractivity contribution < 1.29 is 26.7 Å². The molecule has 4 fully saturated rings. The lowest BCUT2D eigenvalue weighted by Gasteiger charge is -2.31. The van der Waals surface area contributed by atoms with Crippen LogP contribution in [0, 0.1) is 5.82 Å². The standard InChI is InChI=1S/C23H24BrF5N4O/c24-17-16(23(27,28)29)8-15-19(18(17)26)30-21(31-20(15)33-13-2-3-14(33)5-4-13)34-11-22-6-1-7-32(22)10-12(25)9-22/h8,12-14H,1-7,9-11H2/t12-,13?,14?,22+/m1/s1. The summed E-state index contributed by atoms with van der Waals surface area (Å²) in [5.74, 6) is -0.798. The van der Waals surface area contributed by atoms with Gasteiger partial charge in [-0.05, 0) is 67.1 Å². The first-order valence-electron chi connectivity index (χ1n) is 11.7. The van der Waals surface area contributed by atoms with Crippen molar-refractivity contribution in [2.75, 3.05) is 24.6 Å². The number of rotatable bonds is 4. The van der Waals surface area contributed by atoms with Crippen LogP contribution in [0.1, 0.15) is 50.5 Å². The molecule has 34 heavy (non-hydrogen) atoms. The molecule has 1 aromatic heterocycles. The van der Waals surface area contributed by atoms with Gasteiger partial charge in [0.25, 0.3) is 0 Å². The Kier molecular flexibility index (Phi) is 5.26. The molecule has 0 spiro atoms. The number of hydrogen-bond acceptors (Lipinski definition) is 5. The lowest BCUT2D eigenvalue weighted by Crippen LogP contribution is -2.43. The van der Waals surface area contributed by atoms with Gasteiger partial charge in [0.2, 0.25) is 0 Å². The summed E-state index contributed by atoms with van der Waals surface area (Å²) in [6.45, 7) is 1.33. The molecule has 184 valence electrons. The summed E-state index contributed by atoms with van der Waals surface area (Å²) in [6, 6.07) is 1.16. The van der Waals surface area contributed by atoms with Crippen LogP contribution in [0.2, 0.25) is 0 Å². The molecule has 4 saturated heterocycles. The maximum atomic E-state index is 15.3. The first kappa shape index (κ1) is 22.7. The van der Waals surface area contributed by atoms with Crippen LogP contribution in [0.3, 0.4) is 0 Å². The Morgan fingerprint density at radius 3 is 2.53 bits per heavy atom. The van der Waals surface area contributed by atoms with E-state index in [2.05, 4.69) is 30.8 Å². The van der Waals surface area contributed by atoms with Crippen LogP contribution >= 0.6 is 15.9 Å². The van der Waals surface area contributed by atoms with Gasteiger partial charge in [0.15, 0.2) is 5.82 Å². The number of halogens is 6. The summed E-state index contributed by atoms with van der Waals surface area (Å²) in [7, 11) is 0. The maximum absolute atomic E-state index is 15.3.